The molecular weight excluding hydrogens is 279 g/mol. The van der Waals surface area contributed by atoms with Crippen LogP contribution >= 0.6 is 0 Å². The molecule has 108 valence electrons. The molecule has 0 saturated carbocycles. The number of aromatic nitrogens is 2. The van der Waals surface area contributed by atoms with Gasteiger partial charge in [0.25, 0.3) is 0 Å². The van der Waals surface area contributed by atoms with Crippen molar-refractivity contribution in [1.29, 1.82) is 0 Å². The smallest absolute Gasteiger partial charge is 0.113 e. The van der Waals surface area contributed by atoms with E-state index in [1.807, 2.05) is 12.4 Å². The molecule has 2 nitrogen and oxygen atoms in total. The summed E-state index contributed by atoms with van der Waals surface area (Å²) in [6.07, 6.45) is 3.80. The predicted molar refractivity (Wildman–Crippen MR) is 96.1 cm³/mol. The van der Waals surface area contributed by atoms with E-state index < -0.39 is 0 Å². The van der Waals surface area contributed by atoms with Gasteiger partial charge in [0.1, 0.15) is 7.85 Å². The predicted octanol–water partition coefficient (Wildman–Crippen LogP) is 3.61. The summed E-state index contributed by atoms with van der Waals surface area (Å²) in [5.74, 6) is 0. The van der Waals surface area contributed by atoms with E-state index in [1.54, 1.807) is 0 Å². The molecule has 0 bridgehead atoms. The highest BCUT2D eigenvalue weighted by Gasteiger charge is 2.34. The fourth-order valence-electron chi connectivity index (χ4n) is 4.08. The zero-order valence-corrected chi connectivity index (χ0v) is 13.2. The standard InChI is InChI=1S/C20H15BN2/c1-20(2)15-5-3-4-6-18(15)23-17-7-8-22-11-14(17)13-9-12(21)10-16(20)19(13)23/h3-11H,1-2H3. The first-order chi connectivity index (χ1) is 11.1. The first-order valence-electron chi connectivity index (χ1n) is 7.87. The second-order valence-electron chi connectivity index (χ2n) is 6.84. The van der Waals surface area contributed by atoms with Gasteiger partial charge in [-0.2, -0.15) is 0 Å². The SMILES string of the molecule is [B]c1cc2c3c(c1)c1cnccc1n3-c1ccccc1C2(C)C. The zero-order chi connectivity index (χ0) is 15.8. The molecule has 2 radical (unpaired) electrons. The Morgan fingerprint density at radius 1 is 1.00 bits per heavy atom. The van der Waals surface area contributed by atoms with Crippen molar-refractivity contribution in [3.63, 3.8) is 0 Å². The molecular formula is C20H15BN2. The molecule has 0 fully saturated rings. The quantitative estimate of drug-likeness (QED) is 0.453. The van der Waals surface area contributed by atoms with Crippen LogP contribution in [0.3, 0.4) is 0 Å². The fraction of sp³-hybridized carbons (Fsp3) is 0.150. The van der Waals surface area contributed by atoms with Crippen LogP contribution in [-0.2, 0) is 5.41 Å². The average Bonchev–Trinajstić information content (AvgIpc) is 2.88. The molecule has 0 N–H and O–H groups in total. The number of nitrogens with zero attached hydrogens (tertiary/aromatic N) is 2. The molecule has 0 unspecified atom stereocenters. The Morgan fingerprint density at radius 2 is 1.83 bits per heavy atom. The summed E-state index contributed by atoms with van der Waals surface area (Å²) in [4.78, 5) is 4.33. The molecule has 0 aliphatic carbocycles. The number of hydrogen-bond donors (Lipinski definition) is 0. The van der Waals surface area contributed by atoms with Crippen LogP contribution in [0.4, 0.5) is 0 Å². The molecule has 2 aromatic carbocycles. The van der Waals surface area contributed by atoms with Crippen molar-refractivity contribution in [2.45, 2.75) is 19.3 Å². The van der Waals surface area contributed by atoms with E-state index in [4.69, 9.17) is 7.85 Å². The third-order valence-corrected chi connectivity index (χ3v) is 5.18. The van der Waals surface area contributed by atoms with E-state index in [-0.39, 0.29) is 5.41 Å². The Balaban J connectivity index is 2.15. The average molecular weight is 294 g/mol. The van der Waals surface area contributed by atoms with Crippen molar-refractivity contribution >= 4 is 35.1 Å². The molecule has 23 heavy (non-hydrogen) atoms. The summed E-state index contributed by atoms with van der Waals surface area (Å²) in [6.45, 7) is 4.55. The van der Waals surface area contributed by atoms with Gasteiger partial charge >= 0.3 is 0 Å². The maximum atomic E-state index is 6.24. The van der Waals surface area contributed by atoms with Crippen LogP contribution in [0.25, 0.3) is 27.5 Å². The van der Waals surface area contributed by atoms with Gasteiger partial charge in [0.2, 0.25) is 0 Å². The maximum absolute atomic E-state index is 6.24. The summed E-state index contributed by atoms with van der Waals surface area (Å²) in [6, 6.07) is 14.9. The summed E-state index contributed by atoms with van der Waals surface area (Å²) in [7, 11) is 6.24. The maximum Gasteiger partial charge on any atom is 0.113 e. The number of hydrogen-bond acceptors (Lipinski definition) is 1. The normalized spacial score (nSPS) is 15.0. The highest BCUT2D eigenvalue weighted by atomic mass is 15.0. The van der Waals surface area contributed by atoms with E-state index in [0.29, 0.717) is 0 Å². The van der Waals surface area contributed by atoms with Crippen LogP contribution in [0.15, 0.2) is 54.9 Å². The van der Waals surface area contributed by atoms with Crippen LogP contribution in [0.2, 0.25) is 0 Å². The van der Waals surface area contributed by atoms with Crippen molar-refractivity contribution in [3.05, 3.63) is 66.0 Å². The summed E-state index contributed by atoms with van der Waals surface area (Å²) in [5.41, 5.74) is 7.03. The van der Waals surface area contributed by atoms with Crippen LogP contribution < -0.4 is 5.46 Å². The fourth-order valence-corrected chi connectivity index (χ4v) is 4.08. The highest BCUT2D eigenvalue weighted by Crippen LogP contribution is 2.46. The molecule has 1 aliphatic rings. The van der Waals surface area contributed by atoms with Gasteiger partial charge in [0.15, 0.2) is 0 Å². The van der Waals surface area contributed by atoms with Crippen LogP contribution in [0.5, 0.6) is 0 Å². The lowest BCUT2D eigenvalue weighted by Gasteiger charge is -2.35. The Labute approximate surface area is 136 Å². The van der Waals surface area contributed by atoms with E-state index in [9.17, 15) is 0 Å². The lowest BCUT2D eigenvalue weighted by Crippen LogP contribution is -2.27. The van der Waals surface area contributed by atoms with E-state index in [0.717, 1.165) is 10.8 Å². The van der Waals surface area contributed by atoms with Gasteiger partial charge in [0, 0.05) is 28.6 Å². The highest BCUT2D eigenvalue weighted by molar-refractivity contribution is 6.34. The number of pyridine rings is 1. The van der Waals surface area contributed by atoms with Crippen molar-refractivity contribution in [2.75, 3.05) is 0 Å². The first-order valence-corrected chi connectivity index (χ1v) is 7.87. The molecule has 0 amide bonds. The van der Waals surface area contributed by atoms with Crippen LogP contribution in [0, 0.1) is 0 Å². The van der Waals surface area contributed by atoms with Crippen molar-refractivity contribution < 1.29 is 0 Å². The molecule has 3 heterocycles. The first kappa shape index (κ1) is 12.9. The van der Waals surface area contributed by atoms with Crippen molar-refractivity contribution in [1.82, 2.24) is 9.55 Å². The van der Waals surface area contributed by atoms with E-state index in [2.05, 4.69) is 65.9 Å². The Hall–Kier alpha value is -2.55. The van der Waals surface area contributed by atoms with E-state index >= 15 is 0 Å². The van der Waals surface area contributed by atoms with Crippen molar-refractivity contribution in [2.24, 2.45) is 0 Å². The van der Waals surface area contributed by atoms with Crippen LogP contribution in [-0.4, -0.2) is 17.4 Å². The zero-order valence-electron chi connectivity index (χ0n) is 13.2. The molecule has 0 atom stereocenters. The molecule has 1 aliphatic heterocycles. The third-order valence-electron chi connectivity index (χ3n) is 5.18. The Bertz CT molecular complexity index is 1110. The summed E-state index contributed by atoms with van der Waals surface area (Å²) < 4.78 is 2.36. The molecule has 3 heteroatoms. The molecule has 0 spiro atoms. The topological polar surface area (TPSA) is 17.8 Å². The minimum absolute atomic E-state index is 0.0813. The number of rotatable bonds is 0. The minimum Gasteiger partial charge on any atom is -0.309 e. The van der Waals surface area contributed by atoms with Crippen molar-refractivity contribution in [3.8, 4) is 5.69 Å². The molecule has 5 rings (SSSR count). The van der Waals surface area contributed by atoms with Gasteiger partial charge < -0.3 is 4.57 Å². The number of benzene rings is 2. The summed E-state index contributed by atoms with van der Waals surface area (Å²) >= 11 is 0. The number of para-hydroxylation sites is 1. The third kappa shape index (κ3) is 1.47. The van der Waals surface area contributed by atoms with Gasteiger partial charge in [-0.15, -0.1) is 0 Å². The van der Waals surface area contributed by atoms with Gasteiger partial charge in [-0.05, 0) is 23.3 Å². The lowest BCUT2D eigenvalue weighted by atomic mass is 9.73. The van der Waals surface area contributed by atoms with E-state index in [1.165, 1.54) is 33.2 Å². The number of fused-ring (bicyclic) bond motifs is 5. The largest absolute Gasteiger partial charge is 0.309 e. The van der Waals surface area contributed by atoms with Gasteiger partial charge in [-0.3, -0.25) is 4.98 Å². The molecule has 4 aromatic rings. The Morgan fingerprint density at radius 3 is 2.70 bits per heavy atom. The lowest BCUT2D eigenvalue weighted by molar-refractivity contribution is 0.630. The minimum atomic E-state index is -0.0813. The van der Waals surface area contributed by atoms with Gasteiger partial charge in [-0.25, -0.2) is 0 Å². The second kappa shape index (κ2) is 4.05. The monoisotopic (exact) mass is 294 g/mol. The van der Waals surface area contributed by atoms with Crippen LogP contribution in [0.1, 0.15) is 25.0 Å². The van der Waals surface area contributed by atoms with Gasteiger partial charge in [0.05, 0.1) is 16.7 Å². The second-order valence-corrected chi connectivity index (χ2v) is 6.84. The molecule has 0 saturated heterocycles. The summed E-state index contributed by atoms with van der Waals surface area (Å²) in [5, 5.41) is 2.34. The Kier molecular flexibility index (Phi) is 2.28. The molecule has 2 aromatic heterocycles. The van der Waals surface area contributed by atoms with Gasteiger partial charge in [-0.1, -0.05) is 49.6 Å².